The summed E-state index contributed by atoms with van der Waals surface area (Å²) in [5.41, 5.74) is 1.70. The molecule has 0 aliphatic carbocycles. The first-order valence-electron chi connectivity index (χ1n) is 7.73. The number of nitrogens with zero attached hydrogens (tertiary/aromatic N) is 5. The summed E-state index contributed by atoms with van der Waals surface area (Å²) in [6.07, 6.45) is 3.61. The Balaban J connectivity index is 1.73. The highest BCUT2D eigenvalue weighted by Gasteiger charge is 2.08. The Hall–Kier alpha value is -3.14. The Morgan fingerprint density at radius 1 is 1.38 bits per heavy atom. The van der Waals surface area contributed by atoms with E-state index in [9.17, 15) is 0 Å². The van der Waals surface area contributed by atoms with E-state index in [1.165, 1.54) is 6.33 Å². The fourth-order valence-electron chi connectivity index (χ4n) is 2.37. The van der Waals surface area contributed by atoms with Crippen LogP contribution >= 0.6 is 0 Å². The molecule has 1 atom stereocenters. The summed E-state index contributed by atoms with van der Waals surface area (Å²) in [5, 5.41) is 17.4. The van der Waals surface area contributed by atoms with Crippen LogP contribution < -0.4 is 10.1 Å². The van der Waals surface area contributed by atoms with Crippen molar-refractivity contribution >= 4 is 16.9 Å². The molecule has 0 radical (unpaired) electrons. The standard InChI is InChI=1S/C17H18N6O/c1-3-13(8-18)24-14-6-4-5-12(7-14)9-19-16-15-10-23(2)22-17(15)21-11-20-16/h4-7,10-11,13H,3,9H2,1-2H3,(H,19,20,21,22). The second-order valence-corrected chi connectivity index (χ2v) is 5.41. The van der Waals surface area contributed by atoms with E-state index in [1.54, 1.807) is 4.68 Å². The van der Waals surface area contributed by atoms with E-state index >= 15 is 0 Å². The van der Waals surface area contributed by atoms with Gasteiger partial charge >= 0.3 is 0 Å². The Bertz CT molecular complexity index is 882. The first-order chi connectivity index (χ1) is 11.7. The van der Waals surface area contributed by atoms with Gasteiger partial charge in [-0.05, 0) is 24.1 Å². The molecule has 3 rings (SSSR count). The molecule has 122 valence electrons. The third-order valence-corrected chi connectivity index (χ3v) is 3.58. The van der Waals surface area contributed by atoms with Crippen LogP contribution in [0.15, 0.2) is 36.8 Å². The average molecular weight is 322 g/mol. The van der Waals surface area contributed by atoms with E-state index in [0.717, 1.165) is 16.8 Å². The molecule has 1 N–H and O–H groups in total. The number of rotatable bonds is 6. The number of nitrogens with one attached hydrogen (secondary N) is 1. The van der Waals surface area contributed by atoms with Crippen molar-refractivity contribution in [2.75, 3.05) is 5.32 Å². The lowest BCUT2D eigenvalue weighted by molar-refractivity contribution is 0.251. The fourth-order valence-corrected chi connectivity index (χ4v) is 2.37. The minimum atomic E-state index is -0.426. The molecule has 0 saturated heterocycles. The summed E-state index contributed by atoms with van der Waals surface area (Å²) in [5.74, 6) is 1.43. The van der Waals surface area contributed by atoms with Gasteiger partial charge in [0, 0.05) is 19.8 Å². The molecule has 2 heterocycles. The Morgan fingerprint density at radius 2 is 2.25 bits per heavy atom. The zero-order valence-corrected chi connectivity index (χ0v) is 13.6. The van der Waals surface area contributed by atoms with E-state index < -0.39 is 6.10 Å². The monoisotopic (exact) mass is 322 g/mol. The molecule has 7 nitrogen and oxygen atoms in total. The first kappa shape index (κ1) is 15.7. The lowest BCUT2D eigenvalue weighted by Gasteiger charge is -2.12. The molecule has 2 aromatic heterocycles. The van der Waals surface area contributed by atoms with Gasteiger partial charge < -0.3 is 10.1 Å². The highest BCUT2D eigenvalue weighted by Crippen LogP contribution is 2.20. The molecule has 1 unspecified atom stereocenters. The van der Waals surface area contributed by atoms with Gasteiger partial charge in [-0.2, -0.15) is 10.4 Å². The molecule has 0 saturated carbocycles. The topological polar surface area (TPSA) is 88.7 Å². The van der Waals surface area contributed by atoms with Crippen molar-refractivity contribution in [3.05, 3.63) is 42.4 Å². The maximum absolute atomic E-state index is 9.00. The van der Waals surface area contributed by atoms with Gasteiger partial charge in [0.05, 0.1) is 5.39 Å². The number of hydrogen-bond donors (Lipinski definition) is 1. The number of anilines is 1. The predicted molar refractivity (Wildman–Crippen MR) is 90.4 cm³/mol. The lowest BCUT2D eigenvalue weighted by atomic mass is 10.2. The number of aryl methyl sites for hydroxylation is 1. The smallest absolute Gasteiger partial charge is 0.186 e. The summed E-state index contributed by atoms with van der Waals surface area (Å²) < 4.78 is 7.37. The molecule has 0 fully saturated rings. The van der Waals surface area contributed by atoms with Crippen LogP contribution in [0.1, 0.15) is 18.9 Å². The Morgan fingerprint density at radius 3 is 3.04 bits per heavy atom. The van der Waals surface area contributed by atoms with Crippen molar-refractivity contribution in [2.45, 2.75) is 26.0 Å². The summed E-state index contributed by atoms with van der Waals surface area (Å²) >= 11 is 0. The van der Waals surface area contributed by atoms with Crippen LogP contribution in [0.2, 0.25) is 0 Å². The highest BCUT2D eigenvalue weighted by atomic mass is 16.5. The summed E-state index contributed by atoms with van der Waals surface area (Å²) in [7, 11) is 1.85. The Labute approximate surface area is 139 Å². The molecular formula is C17H18N6O. The fraction of sp³-hybridized carbons (Fsp3) is 0.294. The van der Waals surface area contributed by atoms with Gasteiger partial charge in [0.2, 0.25) is 0 Å². The van der Waals surface area contributed by atoms with Crippen LogP contribution in [-0.2, 0) is 13.6 Å². The minimum Gasteiger partial charge on any atom is -0.476 e. The molecule has 0 aliphatic heterocycles. The van der Waals surface area contributed by atoms with Crippen molar-refractivity contribution in [1.29, 1.82) is 5.26 Å². The van der Waals surface area contributed by atoms with Crippen molar-refractivity contribution in [2.24, 2.45) is 7.05 Å². The van der Waals surface area contributed by atoms with Crippen LogP contribution in [0.4, 0.5) is 5.82 Å². The average Bonchev–Trinajstić information content (AvgIpc) is 2.99. The quantitative estimate of drug-likeness (QED) is 0.750. The lowest BCUT2D eigenvalue weighted by Crippen LogP contribution is -2.12. The number of nitriles is 1. The SMILES string of the molecule is CCC(C#N)Oc1cccc(CNc2ncnc3nn(C)cc23)c1. The van der Waals surface area contributed by atoms with Crippen LogP contribution in [0.3, 0.4) is 0 Å². The van der Waals surface area contributed by atoms with E-state index in [0.29, 0.717) is 24.4 Å². The molecule has 24 heavy (non-hydrogen) atoms. The van der Waals surface area contributed by atoms with Gasteiger partial charge in [0.1, 0.15) is 24.0 Å². The maximum atomic E-state index is 9.00. The highest BCUT2D eigenvalue weighted by molar-refractivity contribution is 5.85. The van der Waals surface area contributed by atoms with E-state index in [2.05, 4.69) is 26.5 Å². The molecule has 0 spiro atoms. The van der Waals surface area contributed by atoms with Gasteiger partial charge in [-0.3, -0.25) is 4.68 Å². The first-order valence-corrected chi connectivity index (χ1v) is 7.73. The van der Waals surface area contributed by atoms with E-state index in [4.69, 9.17) is 10.00 Å². The van der Waals surface area contributed by atoms with E-state index in [-0.39, 0.29) is 0 Å². The van der Waals surface area contributed by atoms with Gasteiger partial charge in [-0.15, -0.1) is 0 Å². The van der Waals surface area contributed by atoms with Crippen LogP contribution in [0, 0.1) is 11.3 Å². The molecule has 0 bridgehead atoms. The molecule has 0 amide bonds. The maximum Gasteiger partial charge on any atom is 0.186 e. The normalized spacial score (nSPS) is 11.9. The van der Waals surface area contributed by atoms with Crippen LogP contribution in [-0.4, -0.2) is 25.9 Å². The second-order valence-electron chi connectivity index (χ2n) is 5.41. The van der Waals surface area contributed by atoms with Crippen LogP contribution in [0.5, 0.6) is 5.75 Å². The van der Waals surface area contributed by atoms with Crippen molar-refractivity contribution < 1.29 is 4.74 Å². The number of benzene rings is 1. The van der Waals surface area contributed by atoms with E-state index in [1.807, 2.05) is 44.4 Å². The van der Waals surface area contributed by atoms with Crippen molar-refractivity contribution in [1.82, 2.24) is 19.7 Å². The molecule has 7 heteroatoms. The second kappa shape index (κ2) is 6.96. The summed E-state index contributed by atoms with van der Waals surface area (Å²) in [4.78, 5) is 8.43. The Kier molecular flexibility index (Phi) is 4.57. The van der Waals surface area contributed by atoms with Gasteiger partial charge in [0.25, 0.3) is 0 Å². The van der Waals surface area contributed by atoms with Crippen molar-refractivity contribution in [3.63, 3.8) is 0 Å². The molecule has 0 aliphatic rings. The summed E-state index contributed by atoms with van der Waals surface area (Å²) in [6, 6.07) is 9.82. The minimum absolute atomic E-state index is 0.426. The number of fused-ring (bicyclic) bond motifs is 1. The predicted octanol–water partition coefficient (Wildman–Crippen LogP) is 2.66. The number of hydrogen-bond acceptors (Lipinski definition) is 6. The van der Waals surface area contributed by atoms with Crippen LogP contribution in [0.25, 0.3) is 11.0 Å². The van der Waals surface area contributed by atoms with Gasteiger partial charge in [0.15, 0.2) is 11.8 Å². The third-order valence-electron chi connectivity index (χ3n) is 3.58. The zero-order valence-electron chi connectivity index (χ0n) is 13.6. The zero-order chi connectivity index (χ0) is 16.9. The molecule has 3 aromatic rings. The largest absolute Gasteiger partial charge is 0.476 e. The molecule has 1 aromatic carbocycles. The molecular weight excluding hydrogens is 304 g/mol. The summed E-state index contributed by atoms with van der Waals surface area (Å²) in [6.45, 7) is 2.51. The number of aromatic nitrogens is 4. The van der Waals surface area contributed by atoms with Crippen molar-refractivity contribution in [3.8, 4) is 11.8 Å². The third kappa shape index (κ3) is 3.43. The number of ether oxygens (including phenoxy) is 1. The van der Waals surface area contributed by atoms with Gasteiger partial charge in [-0.25, -0.2) is 9.97 Å². The van der Waals surface area contributed by atoms with Gasteiger partial charge in [-0.1, -0.05) is 19.1 Å².